The summed E-state index contributed by atoms with van der Waals surface area (Å²) in [5, 5.41) is 0. The highest BCUT2D eigenvalue weighted by atomic mass is 79.9. The van der Waals surface area contributed by atoms with Gasteiger partial charge in [0.25, 0.3) is 0 Å². The van der Waals surface area contributed by atoms with E-state index in [9.17, 15) is 8.42 Å². The molecule has 4 nitrogen and oxygen atoms in total. The Kier molecular flexibility index (Phi) is 4.91. The number of rotatable bonds is 5. The van der Waals surface area contributed by atoms with E-state index in [0.717, 1.165) is 5.56 Å². The maximum Gasteiger partial charge on any atom is 0.242 e. The van der Waals surface area contributed by atoms with Gasteiger partial charge in [-0.1, -0.05) is 30.3 Å². The molecule has 0 aliphatic rings. The minimum Gasteiger partial charge on any atom is -0.262 e. The summed E-state index contributed by atoms with van der Waals surface area (Å²) in [7, 11) is -3.54. The van der Waals surface area contributed by atoms with Gasteiger partial charge in [-0.3, -0.25) is 4.98 Å². The summed E-state index contributed by atoms with van der Waals surface area (Å²) in [5.74, 6) is 0. The van der Waals surface area contributed by atoms with Gasteiger partial charge in [0.1, 0.15) is 4.90 Å². The quantitative estimate of drug-likeness (QED) is 0.897. The van der Waals surface area contributed by atoms with Crippen LogP contribution in [0, 0.1) is 0 Å². The van der Waals surface area contributed by atoms with Gasteiger partial charge in [0.15, 0.2) is 0 Å². The molecule has 1 atom stereocenters. The first-order valence-corrected chi connectivity index (χ1v) is 8.42. The molecule has 0 amide bonds. The smallest absolute Gasteiger partial charge is 0.242 e. The van der Waals surface area contributed by atoms with Crippen LogP contribution in [0.4, 0.5) is 0 Å². The van der Waals surface area contributed by atoms with Crippen molar-refractivity contribution >= 4 is 26.0 Å². The van der Waals surface area contributed by atoms with Crippen molar-refractivity contribution in [2.75, 3.05) is 0 Å². The molecule has 2 aromatic rings. The average Bonchev–Trinajstić information content (AvgIpc) is 2.39. The molecule has 20 heavy (non-hydrogen) atoms. The molecule has 0 aliphatic heterocycles. The van der Waals surface area contributed by atoms with Crippen LogP contribution in [0.2, 0.25) is 0 Å². The molecule has 0 bridgehead atoms. The highest BCUT2D eigenvalue weighted by molar-refractivity contribution is 9.10. The Hall–Kier alpha value is -1.24. The average molecular weight is 355 g/mol. The second kappa shape index (κ2) is 6.47. The first kappa shape index (κ1) is 15.2. The normalized spacial score (nSPS) is 13.1. The van der Waals surface area contributed by atoms with Gasteiger partial charge >= 0.3 is 0 Å². The Labute approximate surface area is 127 Å². The zero-order valence-corrected chi connectivity index (χ0v) is 13.4. The molecule has 106 valence electrons. The molecule has 6 heteroatoms. The van der Waals surface area contributed by atoms with Crippen LogP contribution >= 0.6 is 15.9 Å². The number of halogens is 1. The zero-order chi connectivity index (χ0) is 14.6. The molecule has 1 aromatic heterocycles. The fraction of sp³-hybridized carbons (Fsp3) is 0.214. The molecular formula is C14H15BrN2O2S. The third-order valence-electron chi connectivity index (χ3n) is 2.73. The largest absolute Gasteiger partial charge is 0.262 e. The van der Waals surface area contributed by atoms with Crippen molar-refractivity contribution in [3.63, 3.8) is 0 Å². The Balaban J connectivity index is 2.08. The maximum atomic E-state index is 12.2. The van der Waals surface area contributed by atoms with Gasteiger partial charge in [-0.05, 0) is 40.9 Å². The van der Waals surface area contributed by atoms with E-state index in [-0.39, 0.29) is 10.9 Å². The molecule has 0 fully saturated rings. The van der Waals surface area contributed by atoms with Gasteiger partial charge in [0.2, 0.25) is 10.0 Å². The van der Waals surface area contributed by atoms with E-state index in [4.69, 9.17) is 0 Å². The summed E-state index contributed by atoms with van der Waals surface area (Å²) in [6, 6.07) is 11.1. The van der Waals surface area contributed by atoms with Crippen molar-refractivity contribution in [2.24, 2.45) is 0 Å². The van der Waals surface area contributed by atoms with E-state index in [2.05, 4.69) is 25.6 Å². The van der Waals surface area contributed by atoms with Crippen LogP contribution in [0.3, 0.4) is 0 Å². The minimum absolute atomic E-state index is 0.159. The SMILES string of the molecule is CC(Cc1ccccc1)NS(=O)(=O)c1cncc(Br)c1. The molecule has 0 spiro atoms. The molecule has 0 saturated heterocycles. The number of benzene rings is 1. The monoisotopic (exact) mass is 354 g/mol. The van der Waals surface area contributed by atoms with E-state index >= 15 is 0 Å². The van der Waals surface area contributed by atoms with Crippen LogP contribution in [-0.2, 0) is 16.4 Å². The van der Waals surface area contributed by atoms with Crippen LogP contribution in [0.5, 0.6) is 0 Å². The summed E-state index contributed by atoms with van der Waals surface area (Å²) in [4.78, 5) is 4.03. The van der Waals surface area contributed by atoms with Crippen molar-refractivity contribution in [1.29, 1.82) is 0 Å². The molecule has 1 aromatic carbocycles. The topological polar surface area (TPSA) is 59.1 Å². The van der Waals surface area contributed by atoms with Crippen LogP contribution < -0.4 is 4.72 Å². The molecule has 1 heterocycles. The number of pyridine rings is 1. The summed E-state index contributed by atoms with van der Waals surface area (Å²) < 4.78 is 27.7. The van der Waals surface area contributed by atoms with Crippen molar-refractivity contribution in [3.8, 4) is 0 Å². The predicted octanol–water partition coefficient (Wildman–Crippen LogP) is 2.75. The van der Waals surface area contributed by atoms with Crippen LogP contribution in [-0.4, -0.2) is 19.4 Å². The number of sulfonamides is 1. The third-order valence-corrected chi connectivity index (χ3v) is 4.72. The van der Waals surface area contributed by atoms with Gasteiger partial charge in [0.05, 0.1) is 0 Å². The molecule has 0 radical (unpaired) electrons. The second-order valence-corrected chi connectivity index (χ2v) is 7.18. The molecule has 1 N–H and O–H groups in total. The number of nitrogens with zero attached hydrogens (tertiary/aromatic N) is 1. The van der Waals surface area contributed by atoms with Gasteiger partial charge in [-0.15, -0.1) is 0 Å². The summed E-state index contributed by atoms with van der Waals surface area (Å²) in [6.45, 7) is 1.84. The van der Waals surface area contributed by atoms with Crippen molar-refractivity contribution in [3.05, 3.63) is 58.8 Å². The van der Waals surface area contributed by atoms with E-state index in [1.165, 1.54) is 12.3 Å². The number of hydrogen-bond donors (Lipinski definition) is 1. The van der Waals surface area contributed by atoms with Gasteiger partial charge in [0, 0.05) is 22.9 Å². The fourth-order valence-corrected chi connectivity index (χ4v) is 3.63. The van der Waals surface area contributed by atoms with Crippen LogP contribution in [0.25, 0.3) is 0 Å². The maximum absolute atomic E-state index is 12.2. The Bertz CT molecular complexity index is 675. The van der Waals surface area contributed by atoms with Crippen molar-refractivity contribution in [2.45, 2.75) is 24.3 Å². The Morgan fingerprint density at radius 3 is 2.60 bits per heavy atom. The molecule has 2 rings (SSSR count). The number of nitrogens with one attached hydrogen (secondary N) is 1. The number of aromatic nitrogens is 1. The molecule has 0 aliphatic carbocycles. The lowest BCUT2D eigenvalue weighted by Crippen LogP contribution is -2.34. The Morgan fingerprint density at radius 1 is 1.25 bits per heavy atom. The second-order valence-electron chi connectivity index (χ2n) is 4.55. The van der Waals surface area contributed by atoms with Crippen molar-refractivity contribution < 1.29 is 8.42 Å². The van der Waals surface area contributed by atoms with E-state index < -0.39 is 10.0 Å². The molecule has 0 saturated carbocycles. The fourth-order valence-electron chi connectivity index (χ4n) is 1.88. The number of hydrogen-bond acceptors (Lipinski definition) is 3. The van der Waals surface area contributed by atoms with Gasteiger partial charge < -0.3 is 0 Å². The lowest BCUT2D eigenvalue weighted by molar-refractivity contribution is 0.559. The Morgan fingerprint density at radius 2 is 1.95 bits per heavy atom. The predicted molar refractivity (Wildman–Crippen MR) is 81.9 cm³/mol. The standard InChI is InChI=1S/C14H15BrN2O2S/c1-11(7-12-5-3-2-4-6-12)17-20(18,19)14-8-13(15)9-16-10-14/h2-6,8-11,17H,7H2,1H3. The highest BCUT2D eigenvalue weighted by Crippen LogP contribution is 2.15. The first-order valence-electron chi connectivity index (χ1n) is 6.14. The summed E-state index contributed by atoms with van der Waals surface area (Å²) in [5.41, 5.74) is 1.09. The van der Waals surface area contributed by atoms with E-state index in [1.54, 1.807) is 6.20 Å². The van der Waals surface area contributed by atoms with Gasteiger partial charge in [-0.25, -0.2) is 13.1 Å². The van der Waals surface area contributed by atoms with Crippen LogP contribution in [0.1, 0.15) is 12.5 Å². The molecule has 1 unspecified atom stereocenters. The third kappa shape index (κ3) is 4.13. The van der Waals surface area contributed by atoms with Crippen LogP contribution in [0.15, 0.2) is 58.2 Å². The van der Waals surface area contributed by atoms with E-state index in [0.29, 0.717) is 10.9 Å². The first-order chi connectivity index (χ1) is 9.47. The summed E-state index contributed by atoms with van der Waals surface area (Å²) in [6.07, 6.45) is 3.52. The summed E-state index contributed by atoms with van der Waals surface area (Å²) >= 11 is 3.22. The minimum atomic E-state index is -3.54. The lowest BCUT2D eigenvalue weighted by atomic mass is 10.1. The van der Waals surface area contributed by atoms with E-state index in [1.807, 2.05) is 37.3 Å². The zero-order valence-electron chi connectivity index (χ0n) is 11.0. The molecular weight excluding hydrogens is 340 g/mol. The lowest BCUT2D eigenvalue weighted by Gasteiger charge is -2.14. The highest BCUT2D eigenvalue weighted by Gasteiger charge is 2.18. The van der Waals surface area contributed by atoms with Crippen molar-refractivity contribution in [1.82, 2.24) is 9.71 Å². The van der Waals surface area contributed by atoms with Gasteiger partial charge in [-0.2, -0.15) is 0 Å².